The van der Waals surface area contributed by atoms with Crippen LogP contribution in [0.15, 0.2) is 11.8 Å². The van der Waals surface area contributed by atoms with Crippen molar-refractivity contribution in [3.63, 3.8) is 0 Å². The molecule has 14 heavy (non-hydrogen) atoms. The molecule has 0 saturated heterocycles. The molecule has 0 unspecified atom stereocenters. The van der Waals surface area contributed by atoms with Gasteiger partial charge in [0.2, 0.25) is 5.91 Å². The minimum Gasteiger partial charge on any atom is -0.480 e. The molecule has 0 aliphatic carbocycles. The van der Waals surface area contributed by atoms with Gasteiger partial charge in [0.05, 0.1) is 19.1 Å². The van der Waals surface area contributed by atoms with Crippen molar-refractivity contribution in [1.82, 2.24) is 4.90 Å². The van der Waals surface area contributed by atoms with Gasteiger partial charge in [0, 0.05) is 6.20 Å². The van der Waals surface area contributed by atoms with Crippen LogP contribution in [0.4, 0.5) is 0 Å². The van der Waals surface area contributed by atoms with Crippen LogP contribution in [-0.4, -0.2) is 41.5 Å². The standard InChI is InChI=1S/C8H9NO5/c1-14-8(13)5-2-6(10)9(3-5)4-7(11)12/h3H,2,4H2,1H3,(H,11,12). The van der Waals surface area contributed by atoms with Crippen LogP contribution < -0.4 is 0 Å². The molecule has 6 heteroatoms. The molecule has 1 aliphatic rings. The Morgan fingerprint density at radius 1 is 1.64 bits per heavy atom. The molecule has 1 aliphatic heterocycles. The summed E-state index contributed by atoms with van der Waals surface area (Å²) in [6.45, 7) is -0.431. The second kappa shape index (κ2) is 3.91. The monoisotopic (exact) mass is 199 g/mol. The normalized spacial score (nSPS) is 15.4. The Labute approximate surface area is 79.8 Å². The van der Waals surface area contributed by atoms with E-state index in [-0.39, 0.29) is 12.0 Å². The number of methoxy groups -OCH3 is 1. The third-order valence-electron chi connectivity index (χ3n) is 1.73. The fourth-order valence-electron chi connectivity index (χ4n) is 1.11. The first kappa shape index (κ1) is 10.2. The Morgan fingerprint density at radius 2 is 2.29 bits per heavy atom. The Hall–Kier alpha value is -1.85. The third-order valence-corrected chi connectivity index (χ3v) is 1.73. The van der Waals surface area contributed by atoms with Crippen molar-refractivity contribution in [1.29, 1.82) is 0 Å². The molecular weight excluding hydrogens is 190 g/mol. The van der Waals surface area contributed by atoms with E-state index < -0.39 is 24.4 Å². The van der Waals surface area contributed by atoms with Gasteiger partial charge in [0.25, 0.3) is 0 Å². The zero-order valence-electron chi connectivity index (χ0n) is 7.52. The molecule has 0 aromatic heterocycles. The van der Waals surface area contributed by atoms with Crippen molar-refractivity contribution in [2.45, 2.75) is 6.42 Å². The zero-order chi connectivity index (χ0) is 10.7. The highest BCUT2D eigenvalue weighted by molar-refractivity contribution is 5.99. The maximum atomic E-state index is 11.1. The Balaban J connectivity index is 2.71. The highest BCUT2D eigenvalue weighted by Gasteiger charge is 2.27. The van der Waals surface area contributed by atoms with E-state index in [0.29, 0.717) is 0 Å². The van der Waals surface area contributed by atoms with Gasteiger partial charge in [0.1, 0.15) is 6.54 Å². The first-order chi connectivity index (χ1) is 6.54. The van der Waals surface area contributed by atoms with Crippen LogP contribution in [0.3, 0.4) is 0 Å². The zero-order valence-corrected chi connectivity index (χ0v) is 7.52. The van der Waals surface area contributed by atoms with E-state index in [0.717, 1.165) is 4.90 Å². The summed E-state index contributed by atoms with van der Waals surface area (Å²) < 4.78 is 4.40. The smallest absolute Gasteiger partial charge is 0.335 e. The summed E-state index contributed by atoms with van der Waals surface area (Å²) >= 11 is 0. The summed E-state index contributed by atoms with van der Waals surface area (Å²) in [4.78, 5) is 33.4. The van der Waals surface area contributed by atoms with Crippen molar-refractivity contribution in [2.75, 3.05) is 13.7 Å². The van der Waals surface area contributed by atoms with Crippen LogP contribution in [-0.2, 0) is 19.1 Å². The second-order valence-corrected chi connectivity index (χ2v) is 2.74. The lowest BCUT2D eigenvalue weighted by Gasteiger charge is -2.08. The predicted octanol–water partition coefficient (Wildman–Crippen LogP) is -0.640. The van der Waals surface area contributed by atoms with Crippen molar-refractivity contribution < 1.29 is 24.2 Å². The number of hydrogen-bond acceptors (Lipinski definition) is 4. The molecule has 0 fully saturated rings. The van der Waals surface area contributed by atoms with Crippen molar-refractivity contribution >= 4 is 17.8 Å². The molecule has 76 valence electrons. The van der Waals surface area contributed by atoms with Crippen LogP contribution in [0.5, 0.6) is 0 Å². The second-order valence-electron chi connectivity index (χ2n) is 2.74. The van der Waals surface area contributed by atoms with E-state index in [1.807, 2.05) is 0 Å². The average molecular weight is 199 g/mol. The lowest BCUT2D eigenvalue weighted by atomic mass is 10.2. The maximum absolute atomic E-state index is 11.1. The van der Waals surface area contributed by atoms with Crippen molar-refractivity contribution in [3.05, 3.63) is 11.8 Å². The van der Waals surface area contributed by atoms with Crippen molar-refractivity contribution in [2.24, 2.45) is 0 Å². The largest absolute Gasteiger partial charge is 0.480 e. The number of carboxylic acid groups (broad SMARTS) is 1. The van der Waals surface area contributed by atoms with E-state index in [4.69, 9.17) is 5.11 Å². The molecule has 0 aromatic rings. The van der Waals surface area contributed by atoms with Gasteiger partial charge in [-0.15, -0.1) is 0 Å². The van der Waals surface area contributed by atoms with Crippen LogP contribution in [0, 0.1) is 0 Å². The molecule has 0 bridgehead atoms. The summed E-state index contributed by atoms with van der Waals surface area (Å²) in [5.74, 6) is -2.14. The van der Waals surface area contributed by atoms with Crippen LogP contribution in [0.25, 0.3) is 0 Å². The molecule has 0 spiro atoms. The first-order valence-electron chi connectivity index (χ1n) is 3.85. The van der Waals surface area contributed by atoms with Gasteiger partial charge in [0.15, 0.2) is 0 Å². The molecule has 1 rings (SSSR count). The van der Waals surface area contributed by atoms with Gasteiger partial charge >= 0.3 is 11.9 Å². The Kier molecular flexibility index (Phi) is 2.85. The van der Waals surface area contributed by atoms with Gasteiger partial charge in [-0.2, -0.15) is 0 Å². The van der Waals surface area contributed by atoms with E-state index in [1.54, 1.807) is 0 Å². The topological polar surface area (TPSA) is 83.9 Å². The quantitative estimate of drug-likeness (QED) is 0.611. The minimum atomic E-state index is -1.12. The minimum absolute atomic E-state index is 0.0973. The van der Waals surface area contributed by atoms with E-state index >= 15 is 0 Å². The number of nitrogens with zero attached hydrogens (tertiary/aromatic N) is 1. The van der Waals surface area contributed by atoms with Crippen molar-refractivity contribution in [3.8, 4) is 0 Å². The summed E-state index contributed by atoms with van der Waals surface area (Å²) in [7, 11) is 1.20. The fourth-order valence-corrected chi connectivity index (χ4v) is 1.11. The number of esters is 1. The number of aliphatic carboxylic acids is 1. The van der Waals surface area contributed by atoms with Gasteiger partial charge < -0.3 is 14.7 Å². The van der Waals surface area contributed by atoms with E-state index in [9.17, 15) is 14.4 Å². The lowest BCUT2D eigenvalue weighted by molar-refractivity contribution is -0.141. The van der Waals surface area contributed by atoms with Gasteiger partial charge in [-0.25, -0.2) is 4.79 Å². The van der Waals surface area contributed by atoms with Gasteiger partial charge in [-0.1, -0.05) is 0 Å². The SMILES string of the molecule is COC(=O)C1=CN(CC(=O)O)C(=O)C1. The predicted molar refractivity (Wildman–Crippen MR) is 44.1 cm³/mol. The van der Waals surface area contributed by atoms with Crippen LogP contribution in [0.1, 0.15) is 6.42 Å². The molecule has 6 nitrogen and oxygen atoms in total. The Morgan fingerprint density at radius 3 is 2.79 bits per heavy atom. The van der Waals surface area contributed by atoms with Crippen LogP contribution >= 0.6 is 0 Å². The van der Waals surface area contributed by atoms with E-state index in [2.05, 4.69) is 4.74 Å². The summed E-state index contributed by atoms with van der Waals surface area (Å²) in [5, 5.41) is 8.43. The first-order valence-corrected chi connectivity index (χ1v) is 3.85. The number of carbonyl (C=O) groups excluding carboxylic acids is 2. The number of rotatable bonds is 3. The third kappa shape index (κ3) is 2.09. The molecule has 1 amide bonds. The van der Waals surface area contributed by atoms with Crippen LogP contribution in [0.2, 0.25) is 0 Å². The van der Waals surface area contributed by atoms with Gasteiger partial charge in [-0.3, -0.25) is 9.59 Å². The molecule has 0 atom stereocenters. The molecular formula is C8H9NO5. The molecule has 0 radical (unpaired) electrons. The molecule has 1 N–H and O–H groups in total. The number of carbonyl (C=O) groups is 3. The summed E-state index contributed by atoms with van der Waals surface area (Å²) in [6.07, 6.45) is 1.11. The summed E-state index contributed by atoms with van der Waals surface area (Å²) in [5.41, 5.74) is 0.179. The number of carboxylic acids is 1. The number of ether oxygens (including phenoxy) is 1. The fraction of sp³-hybridized carbons (Fsp3) is 0.375. The molecule has 0 saturated carbocycles. The molecule has 0 aromatic carbocycles. The average Bonchev–Trinajstić information content (AvgIpc) is 2.46. The van der Waals surface area contributed by atoms with Gasteiger partial charge in [-0.05, 0) is 0 Å². The summed E-state index contributed by atoms with van der Waals surface area (Å²) in [6, 6.07) is 0. The number of amides is 1. The highest BCUT2D eigenvalue weighted by atomic mass is 16.5. The maximum Gasteiger partial charge on any atom is 0.335 e. The number of hydrogen-bond donors (Lipinski definition) is 1. The highest BCUT2D eigenvalue weighted by Crippen LogP contribution is 2.16. The lowest BCUT2D eigenvalue weighted by Crippen LogP contribution is -2.27. The Bertz CT molecular complexity index is 320. The molecule has 1 heterocycles. The van der Waals surface area contributed by atoms with E-state index in [1.165, 1.54) is 13.3 Å².